The van der Waals surface area contributed by atoms with Gasteiger partial charge in [-0.2, -0.15) is 0 Å². The Kier molecular flexibility index (Phi) is 10.9. The molecule has 1 heterocycles. The third kappa shape index (κ3) is 8.43. The molecular weight excluding hydrogens is 544 g/mol. The Morgan fingerprint density at radius 3 is 2.17 bits per heavy atom. The number of hydrogen-bond acceptors (Lipinski definition) is 8. The largest absolute Gasteiger partial charge is 0.494 e. The van der Waals surface area contributed by atoms with Crippen LogP contribution in [0.1, 0.15) is 56.4 Å². The van der Waals surface area contributed by atoms with E-state index < -0.39 is 66.9 Å². The van der Waals surface area contributed by atoms with E-state index >= 15 is 0 Å². The van der Waals surface area contributed by atoms with Gasteiger partial charge in [0.25, 0.3) is 0 Å². The second-order valence-electron chi connectivity index (χ2n) is 9.60. The summed E-state index contributed by atoms with van der Waals surface area (Å²) in [6.07, 6.45) is -3.39. The highest BCUT2D eigenvalue weighted by atomic mass is 35.5. The molecule has 2 N–H and O–H groups in total. The van der Waals surface area contributed by atoms with Crippen molar-refractivity contribution in [1.82, 2.24) is 0 Å². The van der Waals surface area contributed by atoms with Gasteiger partial charge in [-0.25, -0.2) is 0 Å². The summed E-state index contributed by atoms with van der Waals surface area (Å²) in [7, 11) is 0. The van der Waals surface area contributed by atoms with Crippen LogP contribution in [0.3, 0.4) is 0 Å². The van der Waals surface area contributed by atoms with Crippen molar-refractivity contribution in [2.45, 2.75) is 58.3 Å². The van der Waals surface area contributed by atoms with Gasteiger partial charge in [0.1, 0.15) is 18.5 Å². The van der Waals surface area contributed by atoms with Gasteiger partial charge >= 0.3 is 23.9 Å². The molecule has 2 aromatic rings. The van der Waals surface area contributed by atoms with Gasteiger partial charge in [-0.15, -0.1) is 0 Å². The Labute approximate surface area is 237 Å². The van der Waals surface area contributed by atoms with Gasteiger partial charge in [-0.1, -0.05) is 35.9 Å². The summed E-state index contributed by atoms with van der Waals surface area (Å²) in [6.45, 7) is 4.44. The van der Waals surface area contributed by atoms with Gasteiger partial charge in [0.05, 0.1) is 25.6 Å². The topological polar surface area (TPSA) is 146 Å². The first-order valence-electron chi connectivity index (χ1n) is 12.9. The zero-order chi connectivity index (χ0) is 29.4. The number of esters is 2. The van der Waals surface area contributed by atoms with Crippen LogP contribution in [-0.2, 0) is 39.8 Å². The molecule has 1 fully saturated rings. The molecule has 216 valence electrons. The van der Waals surface area contributed by atoms with Gasteiger partial charge < -0.3 is 29.2 Å². The zero-order valence-corrected chi connectivity index (χ0v) is 23.3. The molecule has 5 atom stereocenters. The van der Waals surface area contributed by atoms with Crippen LogP contribution < -0.4 is 4.74 Å². The molecule has 11 heteroatoms. The summed E-state index contributed by atoms with van der Waals surface area (Å²) < 4.78 is 22.2. The predicted molar refractivity (Wildman–Crippen MR) is 143 cm³/mol. The highest BCUT2D eigenvalue weighted by Crippen LogP contribution is 2.48. The van der Waals surface area contributed by atoms with E-state index in [0.29, 0.717) is 23.6 Å². The van der Waals surface area contributed by atoms with E-state index in [1.165, 1.54) is 13.8 Å². The van der Waals surface area contributed by atoms with E-state index in [4.69, 9.17) is 30.5 Å². The number of carboxylic acid groups (broad SMARTS) is 2. The normalized spacial score (nSPS) is 20.9. The average molecular weight is 577 g/mol. The molecule has 1 saturated heterocycles. The summed E-state index contributed by atoms with van der Waals surface area (Å²) in [4.78, 5) is 47.0. The van der Waals surface area contributed by atoms with Crippen LogP contribution in [0.25, 0.3) is 0 Å². The fraction of sp³-hybridized carbons (Fsp3) is 0.448. The van der Waals surface area contributed by atoms with Crippen molar-refractivity contribution in [3.63, 3.8) is 0 Å². The molecule has 0 unspecified atom stereocenters. The average Bonchev–Trinajstić information content (AvgIpc) is 3.20. The van der Waals surface area contributed by atoms with Gasteiger partial charge in [-0.05, 0) is 48.2 Å². The maximum atomic E-state index is 11.9. The van der Waals surface area contributed by atoms with Crippen molar-refractivity contribution in [3.8, 4) is 5.75 Å². The first-order valence-corrected chi connectivity index (χ1v) is 13.3. The van der Waals surface area contributed by atoms with Crippen LogP contribution >= 0.6 is 11.6 Å². The molecule has 1 aliphatic rings. The van der Waals surface area contributed by atoms with Crippen molar-refractivity contribution < 1.29 is 48.3 Å². The molecule has 3 rings (SSSR count). The zero-order valence-electron chi connectivity index (χ0n) is 22.5. The summed E-state index contributed by atoms with van der Waals surface area (Å²) in [6, 6.07) is 12.8. The Morgan fingerprint density at radius 1 is 0.950 bits per heavy atom. The molecule has 0 bridgehead atoms. The third-order valence-electron chi connectivity index (χ3n) is 6.65. The van der Waals surface area contributed by atoms with Crippen molar-refractivity contribution in [2.24, 2.45) is 11.8 Å². The monoisotopic (exact) mass is 576 g/mol. The van der Waals surface area contributed by atoms with Gasteiger partial charge in [0, 0.05) is 30.7 Å². The molecule has 0 saturated carbocycles. The Morgan fingerprint density at radius 2 is 1.60 bits per heavy atom. The minimum atomic E-state index is -1.17. The lowest BCUT2D eigenvalue weighted by Crippen LogP contribution is -2.40. The van der Waals surface area contributed by atoms with Crippen molar-refractivity contribution in [2.75, 3.05) is 13.2 Å². The molecule has 0 spiro atoms. The van der Waals surface area contributed by atoms with Gasteiger partial charge in [0.2, 0.25) is 0 Å². The number of aliphatic carboxylic acids is 2. The molecule has 40 heavy (non-hydrogen) atoms. The van der Waals surface area contributed by atoms with E-state index in [-0.39, 0.29) is 6.61 Å². The lowest BCUT2D eigenvalue weighted by atomic mass is 9.79. The summed E-state index contributed by atoms with van der Waals surface area (Å²) in [5.41, 5.74) is 2.33. The molecule has 2 aromatic carbocycles. The van der Waals surface area contributed by atoms with Crippen LogP contribution in [0, 0.1) is 11.8 Å². The SMILES string of the molecule is CCOc1ccc(Cc2cc([C@H]3O[C@@H]([C@H](COC(C)=O)OC(C)=O)[C@@H](CC(=O)O)[C@@H]3CC(=O)O)ccc2Cl)cc1. The van der Waals surface area contributed by atoms with E-state index in [0.717, 1.165) is 16.9 Å². The van der Waals surface area contributed by atoms with Crippen LogP contribution in [0.2, 0.25) is 5.02 Å². The van der Waals surface area contributed by atoms with E-state index in [1.54, 1.807) is 12.1 Å². The summed E-state index contributed by atoms with van der Waals surface area (Å²) in [5, 5.41) is 19.9. The Hall–Kier alpha value is -3.63. The maximum absolute atomic E-state index is 11.9. The lowest BCUT2D eigenvalue weighted by molar-refractivity contribution is -0.168. The minimum absolute atomic E-state index is 0.369. The smallest absolute Gasteiger partial charge is 0.303 e. The predicted octanol–water partition coefficient (Wildman–Crippen LogP) is 4.45. The van der Waals surface area contributed by atoms with Crippen LogP contribution in [0.4, 0.5) is 0 Å². The Bertz CT molecular complexity index is 1210. The lowest BCUT2D eigenvalue weighted by Gasteiger charge is -2.27. The Balaban J connectivity index is 1.99. The molecule has 0 amide bonds. The standard InChI is InChI=1S/C29H33ClO10/c1-4-37-21-8-5-18(6-9-21)11-20-12-19(7-10-24(20)30)28-22(13-26(33)34)23(14-27(35)36)29(40-28)25(39-17(3)32)15-38-16(2)31/h5-10,12,22-23,25,28-29H,4,11,13-15H2,1-3H3,(H,33,34)(H,35,36)/t22-,23-,25-,28+,29+/m0/s1. The number of ether oxygens (including phenoxy) is 4. The second-order valence-corrected chi connectivity index (χ2v) is 10.0. The van der Waals surface area contributed by atoms with E-state index in [2.05, 4.69) is 0 Å². The highest BCUT2D eigenvalue weighted by Gasteiger charge is 2.50. The molecule has 1 aliphatic heterocycles. The number of rotatable bonds is 13. The fourth-order valence-electron chi connectivity index (χ4n) is 5.06. The third-order valence-corrected chi connectivity index (χ3v) is 7.02. The second kappa shape index (κ2) is 14.1. The molecular formula is C29H33ClO10. The van der Waals surface area contributed by atoms with Crippen molar-refractivity contribution in [3.05, 3.63) is 64.2 Å². The number of halogens is 1. The molecule has 0 aliphatic carbocycles. The van der Waals surface area contributed by atoms with Crippen LogP contribution in [0.5, 0.6) is 5.75 Å². The molecule has 0 radical (unpaired) electrons. The molecule has 10 nitrogen and oxygen atoms in total. The summed E-state index contributed by atoms with van der Waals surface area (Å²) >= 11 is 6.52. The highest BCUT2D eigenvalue weighted by molar-refractivity contribution is 6.31. The van der Waals surface area contributed by atoms with Crippen LogP contribution in [-0.4, -0.2) is 59.5 Å². The van der Waals surface area contributed by atoms with Crippen molar-refractivity contribution >= 4 is 35.5 Å². The van der Waals surface area contributed by atoms with Crippen molar-refractivity contribution in [1.29, 1.82) is 0 Å². The number of carbonyl (C=O) groups is 4. The van der Waals surface area contributed by atoms with Gasteiger partial charge in [0.15, 0.2) is 6.10 Å². The molecule has 0 aromatic heterocycles. The first-order chi connectivity index (χ1) is 19.0. The fourth-order valence-corrected chi connectivity index (χ4v) is 5.25. The first kappa shape index (κ1) is 30.9. The summed E-state index contributed by atoms with van der Waals surface area (Å²) in [5.74, 6) is -4.51. The number of carboxylic acids is 2. The van der Waals surface area contributed by atoms with E-state index in [9.17, 15) is 29.4 Å². The number of carbonyl (C=O) groups excluding carboxylic acids is 2. The minimum Gasteiger partial charge on any atom is -0.494 e. The van der Waals surface area contributed by atoms with E-state index in [1.807, 2.05) is 37.3 Å². The van der Waals surface area contributed by atoms with Gasteiger partial charge in [-0.3, -0.25) is 19.2 Å². The van der Waals surface area contributed by atoms with Crippen LogP contribution in [0.15, 0.2) is 42.5 Å². The maximum Gasteiger partial charge on any atom is 0.303 e. The number of hydrogen-bond donors (Lipinski definition) is 2. The number of benzene rings is 2. The quantitative estimate of drug-likeness (QED) is 0.328.